The molecule has 0 atom stereocenters. The lowest BCUT2D eigenvalue weighted by Gasteiger charge is -2.57. The third-order valence-electron chi connectivity index (χ3n) is 5.12. The van der Waals surface area contributed by atoms with Gasteiger partial charge >= 0.3 is 0 Å². The van der Waals surface area contributed by atoms with Gasteiger partial charge in [0.05, 0.1) is 0 Å². The van der Waals surface area contributed by atoms with Crippen molar-refractivity contribution in [3.8, 4) is 0 Å². The first-order valence-corrected chi connectivity index (χ1v) is 9.73. The Morgan fingerprint density at radius 1 is 0.679 bits per heavy atom. The van der Waals surface area contributed by atoms with Crippen LogP contribution in [0.25, 0.3) is 0 Å². The van der Waals surface area contributed by atoms with E-state index < -0.39 is 76.9 Å². The van der Waals surface area contributed by atoms with Crippen LogP contribution in [0.4, 0.5) is 0 Å². The van der Waals surface area contributed by atoms with Gasteiger partial charge in [0.2, 0.25) is 0 Å². The second kappa shape index (κ2) is 14.5. The van der Waals surface area contributed by atoms with Crippen LogP contribution in [0.1, 0.15) is 0 Å². The van der Waals surface area contributed by atoms with Crippen molar-refractivity contribution in [1.82, 2.24) is 3.43 Å². The van der Waals surface area contributed by atoms with Crippen molar-refractivity contribution in [2.75, 3.05) is 0 Å². The minimum absolute atomic E-state index is 0.711. The molecule has 0 aliphatic heterocycles. The highest BCUT2D eigenvalue weighted by atomic mass is 127. The lowest BCUT2D eigenvalue weighted by molar-refractivity contribution is 1.79. The van der Waals surface area contributed by atoms with Crippen molar-refractivity contribution in [3.05, 3.63) is 0 Å². The molecular weight excluding hydrogens is 422 g/mol. The van der Waals surface area contributed by atoms with Crippen molar-refractivity contribution in [1.29, 1.82) is 0 Å². The minimum atomic E-state index is -1.03. The molecule has 0 bridgehead atoms. The highest BCUT2D eigenvalue weighted by Gasteiger charge is 2.46. The first-order chi connectivity index (χ1) is 13.2. The summed E-state index contributed by atoms with van der Waals surface area (Å²) in [6, 6.07) is 0. The van der Waals surface area contributed by atoms with E-state index in [9.17, 15) is 0 Å². The lowest BCUT2D eigenvalue weighted by atomic mass is 8.38. The summed E-state index contributed by atoms with van der Waals surface area (Å²) in [5.41, 5.74) is 0. The Balaban J connectivity index is 6.81. The van der Waals surface area contributed by atoms with E-state index in [1.165, 1.54) is 7.06 Å². The fourth-order valence-corrected chi connectivity index (χ4v) is 4.61. The maximum absolute atomic E-state index is 8.40. The monoisotopic (exact) mass is 430 g/mol. The van der Waals surface area contributed by atoms with E-state index in [0.717, 1.165) is 3.43 Å². The molecule has 32 radical (unpaired) electrons. The van der Waals surface area contributed by atoms with Crippen LogP contribution in [-0.2, 0) is 0 Å². The van der Waals surface area contributed by atoms with Crippen LogP contribution in [0.15, 0.2) is 0 Å². The quantitative estimate of drug-likeness (QED) is 0.176. The van der Waals surface area contributed by atoms with E-state index in [4.69, 9.17) is 102 Å². The molecule has 1 N–H and O–H groups in total. The van der Waals surface area contributed by atoms with Crippen LogP contribution in [0.2, 0.25) is 1.41 Å². The Bertz CT molecular complexity index is 394. The van der Waals surface area contributed by atoms with Crippen LogP contribution >= 0.6 is 22.9 Å². The smallest absolute Gasteiger partial charge is 0.129 e. The maximum Gasteiger partial charge on any atom is 0.129 e. The van der Waals surface area contributed by atoms with Crippen molar-refractivity contribution >= 4 is 207 Å². The van der Waals surface area contributed by atoms with Crippen molar-refractivity contribution in [3.63, 3.8) is 0 Å². The summed E-state index contributed by atoms with van der Waals surface area (Å²) in [5.74, 6) is 0. The predicted molar refractivity (Wildman–Crippen MR) is 167 cm³/mol. The van der Waals surface area contributed by atoms with Gasteiger partial charge in [-0.3, -0.25) is 7.06 Å². The molecule has 0 aromatic heterocycles. The summed E-state index contributed by atoms with van der Waals surface area (Å²) in [5, 5.41) is 0. The third kappa shape index (κ3) is 8.38. The summed E-state index contributed by atoms with van der Waals surface area (Å²) in [7, 11) is 78.8. The predicted octanol–water partition coefficient (Wildman–Crippen LogP) is -9.51. The van der Waals surface area contributed by atoms with Crippen LogP contribution in [0.5, 0.6) is 0 Å². The number of rotatable bonds is 13. The summed E-state index contributed by atoms with van der Waals surface area (Å²) >= 11 is 1.73. The van der Waals surface area contributed by atoms with Gasteiger partial charge in [0.25, 0.3) is 0 Å². The average Bonchev–Trinajstić information content (AvgIpc) is 2.51. The van der Waals surface area contributed by atoms with Gasteiger partial charge < -0.3 is 54.9 Å². The van der Waals surface area contributed by atoms with E-state index in [2.05, 4.69) is 0 Å². The second-order valence-electron chi connectivity index (χ2n) is 7.13. The normalized spacial score (nSPS) is 10.3. The minimum Gasteiger partial charge on any atom is -0.729 e. The van der Waals surface area contributed by atoms with E-state index in [1.807, 2.05) is 0 Å². The maximum atomic E-state index is 8.40. The zero-order chi connectivity index (χ0) is 23.2. The molecule has 1 nitrogen and oxygen atoms in total. The lowest BCUT2D eigenvalue weighted by Crippen LogP contribution is -2.86. The molecule has 0 rings (SSSR count). The molecule has 0 spiro atoms. The second-order valence-corrected chi connectivity index (χ2v) is 7.69. The SMILES string of the molecule is [3H]N(I)B(B(B([B])[B])B([B][B-])B([B-])[B-])B(B(B([B])[B])B([B])[B])B(B([B])[B])B([B-])[B-]. The van der Waals surface area contributed by atoms with Gasteiger partial charge in [-0.1, -0.05) is 6.39 Å². The Labute approximate surface area is 210 Å². The van der Waals surface area contributed by atoms with Gasteiger partial charge in [0.15, 0.2) is 0 Å². The van der Waals surface area contributed by atoms with E-state index >= 15 is 0 Å². The van der Waals surface area contributed by atoms with E-state index in [1.54, 1.807) is 22.9 Å². The molecule has 0 aromatic carbocycles. The fraction of sp³-hybridized carbons (Fsp3) is 0. The van der Waals surface area contributed by atoms with Crippen LogP contribution in [0, 0.1) is 0 Å². The van der Waals surface area contributed by atoms with Gasteiger partial charge in [0, 0.05) is 108 Å². The highest BCUT2D eigenvalue weighted by molar-refractivity contribution is 14.1. The van der Waals surface area contributed by atoms with Crippen LogP contribution in [-0.4, -0.2) is 185 Å². The molecule has 0 aromatic rings. The zero-order valence-corrected chi connectivity index (χ0v) is 18.0. The van der Waals surface area contributed by atoms with Crippen LogP contribution < -0.4 is 3.43 Å². The zero-order valence-electron chi connectivity index (χ0n) is 16.8. The summed E-state index contributed by atoms with van der Waals surface area (Å²) in [6.07, 6.45) is -10.0. The Kier molecular flexibility index (Phi) is 14.7. The first kappa shape index (κ1) is 28.4. The van der Waals surface area contributed by atoms with Gasteiger partial charge in [0.1, 0.15) is 8.04 Å². The van der Waals surface area contributed by atoms with Gasteiger partial charge in [-0.05, 0) is 21.9 Å². The molecule has 96 valence electrons. The highest BCUT2D eigenvalue weighted by Crippen LogP contribution is 2.11. The molecule has 0 saturated heterocycles. The van der Waals surface area contributed by atoms with Crippen molar-refractivity contribution in [2.45, 2.75) is 0 Å². The largest absolute Gasteiger partial charge is 0.729 e. The van der Waals surface area contributed by atoms with Crippen LogP contribution in [0.3, 0.4) is 0 Å². The Morgan fingerprint density at radius 3 is 1.29 bits per heavy atom. The van der Waals surface area contributed by atoms with Crippen molar-refractivity contribution < 1.29 is 1.41 Å². The Morgan fingerprint density at radius 2 is 1.07 bits per heavy atom. The standard InChI is InChI=1S/B26HIN/c1-14-21(15(2)3)24(20(12)13)26(28-27)25(22(16(4)5)17(6)7)23(18(8)9)19(10)11/h28H/q-5/i/hT. The molecular formula is HB26IN-5. The average molecular weight is 425 g/mol. The number of hydrogen-bond donors (Lipinski definition) is 1. The van der Waals surface area contributed by atoms with Crippen molar-refractivity contribution in [2.24, 2.45) is 0 Å². The molecule has 0 aliphatic carbocycles. The third-order valence-corrected chi connectivity index (χ3v) is 5.77. The molecule has 28 heteroatoms. The molecule has 28 heavy (non-hydrogen) atoms. The molecule has 0 amide bonds. The first-order valence-electron chi connectivity index (χ1n) is 9.21. The Hall–Kier alpha value is 2.38. The topological polar surface area (TPSA) is 12.0 Å². The molecule has 0 saturated carbocycles. The van der Waals surface area contributed by atoms with Gasteiger partial charge in [-0.2, -0.15) is 0 Å². The summed E-state index contributed by atoms with van der Waals surface area (Å²) in [6.45, 7) is -0.876. The fourth-order valence-electron chi connectivity index (χ4n) is 3.86. The molecule has 0 unspecified atom stereocenters. The van der Waals surface area contributed by atoms with E-state index in [0.29, 0.717) is 0 Å². The van der Waals surface area contributed by atoms with E-state index in [-0.39, 0.29) is 0 Å². The number of halogens is 1. The van der Waals surface area contributed by atoms with Gasteiger partial charge in [-0.15, -0.1) is 6.39 Å². The number of hydrogen-bond acceptors (Lipinski definition) is 1. The molecule has 0 fully saturated rings. The van der Waals surface area contributed by atoms with Gasteiger partial charge in [-0.25, -0.2) is 0 Å². The molecule has 0 aliphatic rings. The summed E-state index contributed by atoms with van der Waals surface area (Å²) < 4.78 is 9.46. The summed E-state index contributed by atoms with van der Waals surface area (Å²) in [4.78, 5) is 0. The molecule has 0 heterocycles. The number of nitrogens with one attached hydrogen (secondary N) is 1.